The summed E-state index contributed by atoms with van der Waals surface area (Å²) in [6.07, 6.45) is 3.92. The number of nitrogens with two attached hydrogens (primary N) is 1. The van der Waals surface area contributed by atoms with Crippen molar-refractivity contribution in [3.63, 3.8) is 0 Å². The highest BCUT2D eigenvalue weighted by molar-refractivity contribution is 5.75. The van der Waals surface area contributed by atoms with Gasteiger partial charge in [-0.1, -0.05) is 43.2 Å². The molecule has 0 unspecified atom stereocenters. The predicted octanol–water partition coefficient (Wildman–Crippen LogP) is 2.62. The molecule has 0 aliphatic carbocycles. The van der Waals surface area contributed by atoms with Crippen molar-refractivity contribution in [2.75, 3.05) is 7.11 Å². The van der Waals surface area contributed by atoms with Crippen LogP contribution in [-0.2, 0) is 22.5 Å². The number of aromatic nitrogens is 2. The molecule has 0 radical (unpaired) electrons. The van der Waals surface area contributed by atoms with Crippen LogP contribution in [0.1, 0.15) is 36.2 Å². The molecule has 0 spiro atoms. The van der Waals surface area contributed by atoms with Crippen LogP contribution in [0.15, 0.2) is 30.7 Å². The lowest BCUT2D eigenvalue weighted by Gasteiger charge is -2.12. The van der Waals surface area contributed by atoms with E-state index in [1.54, 1.807) is 12.5 Å². The maximum atomic E-state index is 11.4. The molecule has 0 amide bonds. The van der Waals surface area contributed by atoms with E-state index in [2.05, 4.69) is 41.8 Å². The van der Waals surface area contributed by atoms with E-state index in [1.165, 1.54) is 23.8 Å². The number of benzene rings is 1. The zero-order valence-electron chi connectivity index (χ0n) is 14.7. The van der Waals surface area contributed by atoms with E-state index in [4.69, 9.17) is 5.73 Å². The Balaban J connectivity index is 0.00000127. The first-order chi connectivity index (χ1) is 11.0. The molecule has 0 aliphatic heterocycles. The van der Waals surface area contributed by atoms with Crippen molar-refractivity contribution in [3.8, 4) is 0 Å². The van der Waals surface area contributed by atoms with Gasteiger partial charge in [-0.2, -0.15) is 0 Å². The Morgan fingerprint density at radius 2 is 1.87 bits per heavy atom. The van der Waals surface area contributed by atoms with Crippen LogP contribution in [0.5, 0.6) is 0 Å². The number of methoxy groups -OCH3 is 1. The lowest BCUT2D eigenvalue weighted by Crippen LogP contribution is -2.34. The minimum atomic E-state index is -0.662. The maximum absolute atomic E-state index is 11.4. The first-order valence-corrected chi connectivity index (χ1v) is 7.89. The van der Waals surface area contributed by atoms with Crippen molar-refractivity contribution in [1.82, 2.24) is 9.55 Å². The number of hydrogen-bond acceptors (Lipinski definition) is 4. The summed E-state index contributed by atoms with van der Waals surface area (Å²) in [6, 6.07) is 5.78. The summed E-state index contributed by atoms with van der Waals surface area (Å²) in [6.45, 7) is 8.88. The normalized spacial score (nSPS) is 11.4. The highest BCUT2D eigenvalue weighted by atomic mass is 16.5. The number of aryl methyl sites for hydroxylation is 2. The second kappa shape index (κ2) is 9.10. The summed E-state index contributed by atoms with van der Waals surface area (Å²) in [7, 11) is 1.34. The number of ether oxygens (including phenoxy) is 1. The van der Waals surface area contributed by atoms with Gasteiger partial charge >= 0.3 is 5.97 Å². The zero-order chi connectivity index (χ0) is 17.4. The van der Waals surface area contributed by atoms with E-state index in [1.807, 2.05) is 18.4 Å². The number of hydrogen-bond donors (Lipinski definition) is 1. The molecule has 5 heteroatoms. The van der Waals surface area contributed by atoms with Gasteiger partial charge in [0.15, 0.2) is 0 Å². The van der Waals surface area contributed by atoms with Crippen molar-refractivity contribution in [2.24, 2.45) is 5.73 Å². The van der Waals surface area contributed by atoms with Crippen molar-refractivity contribution in [3.05, 3.63) is 53.1 Å². The minimum absolute atomic E-state index is 0.408. The number of rotatable bonds is 5. The predicted molar refractivity (Wildman–Crippen MR) is 92.3 cm³/mol. The van der Waals surface area contributed by atoms with Crippen molar-refractivity contribution >= 4 is 5.97 Å². The molecular weight excluding hydrogens is 290 g/mol. The van der Waals surface area contributed by atoms with E-state index in [-0.39, 0.29) is 0 Å². The molecule has 0 bridgehead atoms. The van der Waals surface area contributed by atoms with Gasteiger partial charge in [0.2, 0.25) is 0 Å². The Labute approximate surface area is 138 Å². The van der Waals surface area contributed by atoms with E-state index < -0.39 is 12.0 Å². The first kappa shape index (κ1) is 18.9. The van der Waals surface area contributed by atoms with Gasteiger partial charge in [-0.3, -0.25) is 4.79 Å². The van der Waals surface area contributed by atoms with Crippen LogP contribution < -0.4 is 5.73 Å². The van der Waals surface area contributed by atoms with Crippen LogP contribution in [0.3, 0.4) is 0 Å². The quantitative estimate of drug-likeness (QED) is 0.861. The zero-order valence-corrected chi connectivity index (χ0v) is 14.7. The summed E-state index contributed by atoms with van der Waals surface area (Å²) < 4.78 is 6.67. The number of nitrogens with zero attached hydrogens (tertiary/aromatic N) is 2. The molecule has 2 rings (SSSR count). The highest BCUT2D eigenvalue weighted by Gasteiger charge is 2.16. The number of carbonyl (C=O) groups excluding carboxylic acids is 1. The third-order valence-electron chi connectivity index (χ3n) is 3.37. The largest absolute Gasteiger partial charge is 0.468 e. The molecular formula is C18H27N3O2. The van der Waals surface area contributed by atoms with Crippen molar-refractivity contribution in [2.45, 2.75) is 46.7 Å². The van der Waals surface area contributed by atoms with Gasteiger partial charge in [0.1, 0.15) is 6.04 Å². The van der Waals surface area contributed by atoms with Gasteiger partial charge in [-0.05, 0) is 19.4 Å². The van der Waals surface area contributed by atoms with Crippen molar-refractivity contribution in [1.29, 1.82) is 0 Å². The Morgan fingerprint density at radius 1 is 1.26 bits per heavy atom. The molecule has 0 fully saturated rings. The van der Waals surface area contributed by atoms with E-state index in [0.29, 0.717) is 13.0 Å². The van der Waals surface area contributed by atoms with E-state index in [9.17, 15) is 4.79 Å². The second-order valence-corrected chi connectivity index (χ2v) is 5.34. The standard InChI is InChI=1S/C16H21N3O2.C2H6/c1-11-4-12(2)6-13(5-11)9-19-10-18-8-14(19)7-15(17)16(20)21-3;1-2/h4-6,8,10,15H,7,9,17H2,1-3H3;1-2H3/t15-;/m0./s1. The molecule has 1 aromatic carbocycles. The van der Waals surface area contributed by atoms with Crippen LogP contribution in [0, 0.1) is 13.8 Å². The molecule has 1 heterocycles. The molecule has 2 N–H and O–H groups in total. The lowest BCUT2D eigenvalue weighted by atomic mass is 10.1. The lowest BCUT2D eigenvalue weighted by molar-refractivity contribution is -0.142. The Kier molecular flexibility index (Phi) is 7.48. The van der Waals surface area contributed by atoms with Gasteiger partial charge in [0.25, 0.3) is 0 Å². The minimum Gasteiger partial charge on any atom is -0.468 e. The molecule has 23 heavy (non-hydrogen) atoms. The summed E-state index contributed by atoms with van der Waals surface area (Å²) in [5.41, 5.74) is 10.4. The maximum Gasteiger partial charge on any atom is 0.323 e. The molecule has 0 aliphatic rings. The summed E-state index contributed by atoms with van der Waals surface area (Å²) >= 11 is 0. The van der Waals surface area contributed by atoms with Gasteiger partial charge in [0, 0.05) is 24.9 Å². The van der Waals surface area contributed by atoms with Crippen molar-refractivity contribution < 1.29 is 9.53 Å². The summed E-state index contributed by atoms with van der Waals surface area (Å²) in [5.74, 6) is -0.408. The number of imidazole rings is 1. The fourth-order valence-electron chi connectivity index (χ4n) is 2.48. The van der Waals surface area contributed by atoms with E-state index in [0.717, 1.165) is 5.69 Å². The first-order valence-electron chi connectivity index (χ1n) is 7.89. The second-order valence-electron chi connectivity index (χ2n) is 5.34. The molecule has 5 nitrogen and oxygen atoms in total. The Morgan fingerprint density at radius 3 is 2.43 bits per heavy atom. The SMILES string of the molecule is CC.COC(=O)[C@@H](N)Cc1cncn1Cc1cc(C)cc(C)c1. The van der Waals surface area contributed by atoms with Crippen LogP contribution in [0.2, 0.25) is 0 Å². The molecule has 2 aromatic rings. The van der Waals surface area contributed by atoms with Crippen LogP contribution in [0.25, 0.3) is 0 Å². The molecule has 1 aromatic heterocycles. The fraction of sp³-hybridized carbons (Fsp3) is 0.444. The van der Waals surface area contributed by atoms with Crippen LogP contribution >= 0.6 is 0 Å². The number of carbonyl (C=O) groups is 1. The topological polar surface area (TPSA) is 70.1 Å². The van der Waals surface area contributed by atoms with Crippen LogP contribution in [-0.4, -0.2) is 28.7 Å². The monoisotopic (exact) mass is 317 g/mol. The van der Waals surface area contributed by atoms with Crippen LogP contribution in [0.4, 0.5) is 0 Å². The smallest absolute Gasteiger partial charge is 0.323 e. The molecule has 126 valence electrons. The Hall–Kier alpha value is -2.14. The summed E-state index contributed by atoms with van der Waals surface area (Å²) in [5, 5.41) is 0. The number of esters is 1. The average molecular weight is 317 g/mol. The fourth-order valence-corrected chi connectivity index (χ4v) is 2.48. The van der Waals surface area contributed by atoms with Gasteiger partial charge in [-0.15, -0.1) is 0 Å². The molecule has 0 saturated heterocycles. The average Bonchev–Trinajstić information content (AvgIpc) is 2.94. The molecule has 0 saturated carbocycles. The third-order valence-corrected chi connectivity index (χ3v) is 3.37. The van der Waals surface area contributed by atoms with Gasteiger partial charge in [-0.25, -0.2) is 4.98 Å². The van der Waals surface area contributed by atoms with E-state index >= 15 is 0 Å². The van der Waals surface area contributed by atoms with Gasteiger partial charge in [0.05, 0.1) is 13.4 Å². The Bertz CT molecular complexity index is 615. The van der Waals surface area contributed by atoms with Gasteiger partial charge < -0.3 is 15.0 Å². The summed E-state index contributed by atoms with van der Waals surface area (Å²) in [4.78, 5) is 15.6. The third kappa shape index (κ3) is 5.53. The highest BCUT2D eigenvalue weighted by Crippen LogP contribution is 2.12. The molecule has 1 atom stereocenters.